The van der Waals surface area contributed by atoms with Crippen LogP contribution in [0.15, 0.2) is 65.7 Å². The quantitative estimate of drug-likeness (QED) is 0.490. The van der Waals surface area contributed by atoms with Crippen LogP contribution in [0, 0.1) is 13.8 Å². The molecule has 6 heteroatoms. The van der Waals surface area contributed by atoms with E-state index in [0.29, 0.717) is 12.6 Å². The van der Waals surface area contributed by atoms with Crippen molar-refractivity contribution >= 4 is 11.6 Å². The number of aromatic nitrogens is 2. The van der Waals surface area contributed by atoms with Crippen LogP contribution in [-0.4, -0.2) is 41.9 Å². The first-order valence-electron chi connectivity index (χ1n) is 11.0. The average molecular weight is 417 g/mol. The number of anilines is 1. The number of rotatable bonds is 5. The fourth-order valence-corrected chi connectivity index (χ4v) is 4.23. The molecule has 1 fully saturated rings. The molecular weight excluding hydrogens is 384 g/mol. The summed E-state index contributed by atoms with van der Waals surface area (Å²) in [6, 6.07) is 21.6. The second-order valence-corrected chi connectivity index (χ2v) is 8.13. The maximum atomic E-state index is 4.65. The summed E-state index contributed by atoms with van der Waals surface area (Å²) >= 11 is 0. The molecule has 4 rings (SSSR count). The molecule has 0 amide bonds. The number of hydrogen-bond acceptors (Lipinski definition) is 3. The van der Waals surface area contributed by atoms with Gasteiger partial charge in [-0.2, -0.15) is 5.10 Å². The van der Waals surface area contributed by atoms with Gasteiger partial charge >= 0.3 is 0 Å². The van der Waals surface area contributed by atoms with E-state index >= 15 is 0 Å². The lowest BCUT2D eigenvalue weighted by Crippen LogP contribution is -2.48. The smallest absolute Gasteiger partial charge is 0.191 e. The highest BCUT2D eigenvalue weighted by atomic mass is 15.3. The van der Waals surface area contributed by atoms with Crippen molar-refractivity contribution in [1.82, 2.24) is 20.4 Å². The minimum atomic E-state index is 0.428. The highest BCUT2D eigenvalue weighted by Gasteiger charge is 2.20. The van der Waals surface area contributed by atoms with E-state index in [1.54, 1.807) is 0 Å². The molecule has 2 N–H and O–H groups in total. The molecule has 0 atom stereocenters. The average Bonchev–Trinajstić information content (AvgIpc) is 3.15. The Labute approximate surface area is 185 Å². The molecule has 1 saturated heterocycles. The summed E-state index contributed by atoms with van der Waals surface area (Å²) in [6.45, 7) is 6.92. The van der Waals surface area contributed by atoms with Gasteiger partial charge in [-0.25, -0.2) is 4.68 Å². The minimum Gasteiger partial charge on any atom is -0.371 e. The minimum absolute atomic E-state index is 0.428. The molecule has 162 valence electrons. The van der Waals surface area contributed by atoms with Crippen LogP contribution in [0.3, 0.4) is 0 Å². The Morgan fingerprint density at radius 1 is 1.03 bits per heavy atom. The molecule has 2 heterocycles. The number of nitrogens with zero attached hydrogens (tertiary/aromatic N) is 4. The summed E-state index contributed by atoms with van der Waals surface area (Å²) in [7, 11) is 1.83. The maximum absolute atomic E-state index is 4.65. The fourth-order valence-electron chi connectivity index (χ4n) is 4.23. The van der Waals surface area contributed by atoms with Crippen LogP contribution >= 0.6 is 0 Å². The Bertz CT molecular complexity index is 1020. The summed E-state index contributed by atoms with van der Waals surface area (Å²) in [4.78, 5) is 6.91. The second kappa shape index (κ2) is 9.69. The number of aliphatic imine (C=N–C) groups is 1. The van der Waals surface area contributed by atoms with E-state index < -0.39 is 0 Å². The topological polar surface area (TPSA) is 57.5 Å². The van der Waals surface area contributed by atoms with E-state index in [1.165, 1.54) is 11.3 Å². The molecular formula is C25H32N6. The Kier molecular flexibility index (Phi) is 6.55. The lowest BCUT2D eigenvalue weighted by molar-refractivity contribution is 0.461. The first-order valence-corrected chi connectivity index (χ1v) is 11.0. The van der Waals surface area contributed by atoms with Crippen LogP contribution in [0.1, 0.15) is 29.8 Å². The Balaban J connectivity index is 1.35. The van der Waals surface area contributed by atoms with Crippen molar-refractivity contribution in [2.75, 3.05) is 25.0 Å². The third-order valence-corrected chi connectivity index (χ3v) is 5.86. The van der Waals surface area contributed by atoms with E-state index in [9.17, 15) is 0 Å². The zero-order valence-corrected chi connectivity index (χ0v) is 18.7. The molecule has 31 heavy (non-hydrogen) atoms. The van der Waals surface area contributed by atoms with E-state index in [4.69, 9.17) is 0 Å². The van der Waals surface area contributed by atoms with Gasteiger partial charge in [0.2, 0.25) is 0 Å². The first kappa shape index (κ1) is 21.0. The third kappa shape index (κ3) is 5.08. The van der Waals surface area contributed by atoms with Gasteiger partial charge in [-0.3, -0.25) is 4.99 Å². The molecule has 0 saturated carbocycles. The Morgan fingerprint density at radius 3 is 2.42 bits per heavy atom. The van der Waals surface area contributed by atoms with Gasteiger partial charge < -0.3 is 15.5 Å². The SMILES string of the molecule is CN=C(NCc1ccccc1-n1nc(C)cc1C)NC1CCN(c2ccccc2)CC1. The monoisotopic (exact) mass is 416 g/mol. The fraction of sp³-hybridized carbons (Fsp3) is 0.360. The van der Waals surface area contributed by atoms with Gasteiger partial charge in [0.05, 0.1) is 11.4 Å². The molecule has 1 aromatic heterocycles. The van der Waals surface area contributed by atoms with Gasteiger partial charge in [-0.1, -0.05) is 36.4 Å². The number of benzene rings is 2. The van der Waals surface area contributed by atoms with Crippen molar-refractivity contribution in [1.29, 1.82) is 0 Å². The van der Waals surface area contributed by atoms with Crippen molar-refractivity contribution in [2.24, 2.45) is 4.99 Å². The molecule has 0 bridgehead atoms. The highest BCUT2D eigenvalue weighted by molar-refractivity contribution is 5.80. The lowest BCUT2D eigenvalue weighted by atomic mass is 10.0. The zero-order valence-electron chi connectivity index (χ0n) is 18.7. The van der Waals surface area contributed by atoms with Crippen molar-refractivity contribution in [3.05, 3.63) is 77.6 Å². The van der Waals surface area contributed by atoms with Crippen molar-refractivity contribution in [2.45, 2.75) is 39.3 Å². The summed E-state index contributed by atoms with van der Waals surface area (Å²) in [5.41, 5.74) is 5.77. The van der Waals surface area contributed by atoms with E-state index in [-0.39, 0.29) is 0 Å². The van der Waals surface area contributed by atoms with Crippen molar-refractivity contribution in [3.63, 3.8) is 0 Å². The maximum Gasteiger partial charge on any atom is 0.191 e. The van der Waals surface area contributed by atoms with Crippen LogP contribution in [0.4, 0.5) is 5.69 Å². The van der Waals surface area contributed by atoms with Gasteiger partial charge in [0, 0.05) is 44.1 Å². The van der Waals surface area contributed by atoms with Crippen molar-refractivity contribution < 1.29 is 0 Å². The van der Waals surface area contributed by atoms with Gasteiger partial charge in [0.1, 0.15) is 0 Å². The van der Waals surface area contributed by atoms with E-state index in [2.05, 4.69) is 93.2 Å². The van der Waals surface area contributed by atoms with Crippen LogP contribution < -0.4 is 15.5 Å². The number of para-hydroxylation sites is 2. The van der Waals surface area contributed by atoms with E-state index in [1.807, 2.05) is 18.7 Å². The Hall–Kier alpha value is -3.28. The van der Waals surface area contributed by atoms with Crippen LogP contribution in [0.5, 0.6) is 0 Å². The molecule has 0 unspecified atom stereocenters. The van der Waals surface area contributed by atoms with Crippen LogP contribution in [0.2, 0.25) is 0 Å². The predicted molar refractivity (Wildman–Crippen MR) is 128 cm³/mol. The highest BCUT2D eigenvalue weighted by Crippen LogP contribution is 2.20. The van der Waals surface area contributed by atoms with Gasteiger partial charge in [0.25, 0.3) is 0 Å². The molecule has 0 spiro atoms. The summed E-state index contributed by atoms with van der Waals surface area (Å²) in [6.07, 6.45) is 2.19. The number of aryl methyl sites for hydroxylation is 2. The molecule has 3 aromatic rings. The number of guanidine groups is 1. The zero-order chi connectivity index (χ0) is 21.6. The van der Waals surface area contributed by atoms with Gasteiger partial charge in [-0.05, 0) is 56.5 Å². The molecule has 2 aromatic carbocycles. The lowest BCUT2D eigenvalue weighted by Gasteiger charge is -2.34. The van der Waals surface area contributed by atoms with Gasteiger partial charge in [-0.15, -0.1) is 0 Å². The van der Waals surface area contributed by atoms with E-state index in [0.717, 1.165) is 49.0 Å². The predicted octanol–water partition coefficient (Wildman–Crippen LogP) is 3.82. The summed E-state index contributed by atoms with van der Waals surface area (Å²) in [5.74, 6) is 0.848. The molecule has 0 aliphatic carbocycles. The third-order valence-electron chi connectivity index (χ3n) is 5.86. The standard InChI is InChI=1S/C25H32N6/c1-19-17-20(2)31(29-19)24-12-8-7-9-21(24)18-27-25(26-3)28-22-13-15-30(16-14-22)23-10-5-4-6-11-23/h4-12,17,22H,13-16,18H2,1-3H3,(H2,26,27,28). The van der Waals surface area contributed by atoms with Crippen LogP contribution in [0.25, 0.3) is 5.69 Å². The number of hydrogen-bond donors (Lipinski definition) is 2. The molecule has 0 radical (unpaired) electrons. The largest absolute Gasteiger partial charge is 0.371 e. The summed E-state index contributed by atoms with van der Waals surface area (Å²) in [5, 5.41) is 11.8. The number of nitrogens with one attached hydrogen (secondary N) is 2. The molecule has 1 aliphatic rings. The molecule has 1 aliphatic heterocycles. The number of piperidine rings is 1. The van der Waals surface area contributed by atoms with Crippen LogP contribution in [-0.2, 0) is 6.54 Å². The Morgan fingerprint density at radius 2 is 1.74 bits per heavy atom. The first-order chi connectivity index (χ1) is 15.1. The van der Waals surface area contributed by atoms with Crippen molar-refractivity contribution in [3.8, 4) is 5.69 Å². The normalized spacial score (nSPS) is 15.2. The molecule has 6 nitrogen and oxygen atoms in total. The van der Waals surface area contributed by atoms with Gasteiger partial charge in [0.15, 0.2) is 5.96 Å². The summed E-state index contributed by atoms with van der Waals surface area (Å²) < 4.78 is 2.02. The second-order valence-electron chi connectivity index (χ2n) is 8.13.